The second-order valence-corrected chi connectivity index (χ2v) is 4.85. The minimum atomic E-state index is -0.873. The number of carboxylic acids is 1. The summed E-state index contributed by atoms with van der Waals surface area (Å²) in [6.45, 7) is 0. The number of rotatable bonds is 4. The van der Waals surface area contributed by atoms with E-state index in [4.69, 9.17) is 5.11 Å². The Labute approximate surface area is 108 Å². The first kappa shape index (κ1) is 12.6. The van der Waals surface area contributed by atoms with Crippen LogP contribution < -0.4 is 0 Å². The van der Waals surface area contributed by atoms with Crippen LogP contribution in [0.1, 0.15) is 5.56 Å². The summed E-state index contributed by atoms with van der Waals surface area (Å²) in [7, 11) is 0. The molecule has 0 aliphatic heterocycles. The summed E-state index contributed by atoms with van der Waals surface area (Å²) in [6, 6.07) is 13.5. The van der Waals surface area contributed by atoms with E-state index in [1.54, 1.807) is 24.3 Å². The summed E-state index contributed by atoms with van der Waals surface area (Å²) in [5.74, 6) is -1.17. The Kier molecular flexibility index (Phi) is 3.99. The van der Waals surface area contributed by atoms with E-state index in [9.17, 15) is 9.18 Å². The molecule has 2 rings (SSSR count). The maximum absolute atomic E-state index is 13.1. The summed E-state index contributed by atoms with van der Waals surface area (Å²) < 4.78 is 13.1. The zero-order valence-electron chi connectivity index (χ0n) is 9.47. The molecule has 0 saturated heterocycles. The van der Waals surface area contributed by atoms with E-state index in [1.165, 1.54) is 23.9 Å². The smallest absolute Gasteiger partial charge is 0.307 e. The third-order valence-electron chi connectivity index (χ3n) is 2.34. The number of benzene rings is 2. The Morgan fingerprint density at radius 3 is 2.67 bits per heavy atom. The summed E-state index contributed by atoms with van der Waals surface area (Å²) in [4.78, 5) is 12.4. The fourth-order valence-corrected chi connectivity index (χ4v) is 2.56. The molecule has 0 saturated carbocycles. The molecule has 0 aromatic heterocycles. The van der Waals surface area contributed by atoms with Gasteiger partial charge in [0, 0.05) is 9.79 Å². The molecule has 0 bridgehead atoms. The van der Waals surface area contributed by atoms with Gasteiger partial charge in [0.05, 0.1) is 6.42 Å². The molecule has 92 valence electrons. The molecule has 4 heteroatoms. The van der Waals surface area contributed by atoms with E-state index in [-0.39, 0.29) is 12.2 Å². The second-order valence-electron chi connectivity index (χ2n) is 3.74. The lowest BCUT2D eigenvalue weighted by molar-refractivity contribution is -0.136. The van der Waals surface area contributed by atoms with E-state index in [1.807, 2.05) is 12.1 Å². The Balaban J connectivity index is 2.26. The predicted octanol–water partition coefficient (Wildman–Crippen LogP) is 3.60. The molecule has 0 spiro atoms. The zero-order chi connectivity index (χ0) is 13.0. The number of hydrogen-bond donors (Lipinski definition) is 1. The van der Waals surface area contributed by atoms with Crippen LogP contribution in [0.15, 0.2) is 58.3 Å². The van der Waals surface area contributed by atoms with Gasteiger partial charge in [0.1, 0.15) is 5.82 Å². The van der Waals surface area contributed by atoms with Crippen LogP contribution in [-0.2, 0) is 11.2 Å². The fourth-order valence-electron chi connectivity index (χ4n) is 1.57. The van der Waals surface area contributed by atoms with Gasteiger partial charge in [0.15, 0.2) is 0 Å². The van der Waals surface area contributed by atoms with Gasteiger partial charge < -0.3 is 5.11 Å². The van der Waals surface area contributed by atoms with Crippen LogP contribution in [0, 0.1) is 5.82 Å². The van der Waals surface area contributed by atoms with E-state index < -0.39 is 5.97 Å². The summed E-state index contributed by atoms with van der Waals surface area (Å²) in [6.07, 6.45) is -0.0293. The van der Waals surface area contributed by atoms with Crippen LogP contribution in [0.25, 0.3) is 0 Å². The fraction of sp³-hybridized carbons (Fsp3) is 0.0714. The molecule has 0 fully saturated rings. The zero-order valence-corrected chi connectivity index (χ0v) is 10.3. The SMILES string of the molecule is O=C(O)Cc1ccccc1Sc1cccc(F)c1. The largest absolute Gasteiger partial charge is 0.481 e. The lowest BCUT2D eigenvalue weighted by Gasteiger charge is -2.07. The van der Waals surface area contributed by atoms with Crippen LogP contribution in [0.5, 0.6) is 0 Å². The lowest BCUT2D eigenvalue weighted by atomic mass is 10.1. The van der Waals surface area contributed by atoms with Crippen LogP contribution in [0.2, 0.25) is 0 Å². The molecule has 0 heterocycles. The predicted molar refractivity (Wildman–Crippen MR) is 68.3 cm³/mol. The van der Waals surface area contributed by atoms with Crippen molar-refractivity contribution < 1.29 is 14.3 Å². The quantitative estimate of drug-likeness (QED) is 0.914. The number of aliphatic carboxylic acids is 1. The van der Waals surface area contributed by atoms with E-state index in [0.717, 1.165) is 15.4 Å². The first-order chi connectivity index (χ1) is 8.65. The lowest BCUT2D eigenvalue weighted by Crippen LogP contribution is -2.01. The van der Waals surface area contributed by atoms with Crippen molar-refractivity contribution >= 4 is 17.7 Å². The van der Waals surface area contributed by atoms with Crippen molar-refractivity contribution in [3.8, 4) is 0 Å². The van der Waals surface area contributed by atoms with Gasteiger partial charge >= 0.3 is 5.97 Å². The molecule has 18 heavy (non-hydrogen) atoms. The molecular formula is C14H11FO2S. The normalized spacial score (nSPS) is 10.3. The van der Waals surface area contributed by atoms with Gasteiger partial charge in [-0.2, -0.15) is 0 Å². The van der Waals surface area contributed by atoms with Gasteiger partial charge in [0.25, 0.3) is 0 Å². The maximum atomic E-state index is 13.1. The molecule has 0 radical (unpaired) electrons. The van der Waals surface area contributed by atoms with E-state index in [2.05, 4.69) is 0 Å². The molecule has 2 nitrogen and oxygen atoms in total. The molecule has 0 amide bonds. The molecule has 1 N–H and O–H groups in total. The van der Waals surface area contributed by atoms with Gasteiger partial charge in [0.2, 0.25) is 0 Å². The van der Waals surface area contributed by atoms with Crippen molar-refractivity contribution in [1.82, 2.24) is 0 Å². The Hall–Kier alpha value is -1.81. The third-order valence-corrected chi connectivity index (χ3v) is 3.45. The average Bonchev–Trinajstić information content (AvgIpc) is 2.31. The Bertz CT molecular complexity index is 569. The highest BCUT2D eigenvalue weighted by atomic mass is 32.2. The standard InChI is InChI=1S/C14H11FO2S/c15-11-5-3-6-12(9-11)18-13-7-2-1-4-10(13)8-14(16)17/h1-7,9H,8H2,(H,16,17). The first-order valence-electron chi connectivity index (χ1n) is 5.38. The van der Waals surface area contributed by atoms with Crippen molar-refractivity contribution in [2.45, 2.75) is 16.2 Å². The highest BCUT2D eigenvalue weighted by Gasteiger charge is 2.07. The van der Waals surface area contributed by atoms with E-state index >= 15 is 0 Å². The second kappa shape index (κ2) is 5.69. The first-order valence-corrected chi connectivity index (χ1v) is 6.20. The molecule has 0 aliphatic carbocycles. The van der Waals surface area contributed by atoms with Gasteiger partial charge in [-0.1, -0.05) is 36.0 Å². The Morgan fingerprint density at radius 1 is 1.17 bits per heavy atom. The minimum Gasteiger partial charge on any atom is -0.481 e. The van der Waals surface area contributed by atoms with Crippen molar-refractivity contribution in [2.24, 2.45) is 0 Å². The van der Waals surface area contributed by atoms with Gasteiger partial charge in [-0.15, -0.1) is 0 Å². The van der Waals surface area contributed by atoms with E-state index in [0.29, 0.717) is 0 Å². The molecular weight excluding hydrogens is 251 g/mol. The van der Waals surface area contributed by atoms with Crippen LogP contribution in [-0.4, -0.2) is 11.1 Å². The Morgan fingerprint density at radius 2 is 1.94 bits per heavy atom. The molecule has 2 aromatic carbocycles. The van der Waals surface area contributed by atoms with Crippen LogP contribution in [0.3, 0.4) is 0 Å². The molecule has 2 aromatic rings. The van der Waals surface area contributed by atoms with Gasteiger partial charge in [-0.25, -0.2) is 4.39 Å². The summed E-state index contributed by atoms with van der Waals surface area (Å²) in [5, 5.41) is 8.83. The molecule has 0 unspecified atom stereocenters. The average molecular weight is 262 g/mol. The highest BCUT2D eigenvalue weighted by molar-refractivity contribution is 7.99. The highest BCUT2D eigenvalue weighted by Crippen LogP contribution is 2.30. The van der Waals surface area contributed by atoms with Crippen LogP contribution >= 0.6 is 11.8 Å². The van der Waals surface area contributed by atoms with Crippen LogP contribution in [0.4, 0.5) is 4.39 Å². The number of halogens is 1. The van der Waals surface area contributed by atoms with Crippen molar-refractivity contribution in [3.63, 3.8) is 0 Å². The maximum Gasteiger partial charge on any atom is 0.307 e. The molecule has 0 aliphatic rings. The minimum absolute atomic E-state index is 0.0293. The number of hydrogen-bond acceptors (Lipinski definition) is 2. The third kappa shape index (κ3) is 3.34. The summed E-state index contributed by atoms with van der Waals surface area (Å²) >= 11 is 1.37. The van der Waals surface area contributed by atoms with Crippen molar-refractivity contribution in [1.29, 1.82) is 0 Å². The van der Waals surface area contributed by atoms with Crippen molar-refractivity contribution in [3.05, 3.63) is 59.9 Å². The summed E-state index contributed by atoms with van der Waals surface area (Å²) in [5.41, 5.74) is 0.735. The topological polar surface area (TPSA) is 37.3 Å². The molecule has 0 atom stereocenters. The number of carbonyl (C=O) groups is 1. The van der Waals surface area contributed by atoms with Gasteiger partial charge in [-0.05, 0) is 29.8 Å². The van der Waals surface area contributed by atoms with Crippen molar-refractivity contribution in [2.75, 3.05) is 0 Å². The number of carboxylic acid groups (broad SMARTS) is 1. The monoisotopic (exact) mass is 262 g/mol. The van der Waals surface area contributed by atoms with Gasteiger partial charge in [-0.3, -0.25) is 4.79 Å².